The maximum atomic E-state index is 13.4. The van der Waals surface area contributed by atoms with Crippen LogP contribution in [0, 0.1) is 11.6 Å². The van der Waals surface area contributed by atoms with Crippen LogP contribution in [0.3, 0.4) is 0 Å². The van der Waals surface area contributed by atoms with Crippen molar-refractivity contribution in [3.8, 4) is 5.75 Å². The molecule has 0 atom stereocenters. The van der Waals surface area contributed by atoms with Crippen molar-refractivity contribution < 1.29 is 18.3 Å². The molecule has 0 aliphatic heterocycles. The van der Waals surface area contributed by atoms with Gasteiger partial charge in [0.2, 0.25) is 0 Å². The third-order valence-corrected chi connectivity index (χ3v) is 2.95. The molecule has 0 aromatic heterocycles. The van der Waals surface area contributed by atoms with Gasteiger partial charge in [0.15, 0.2) is 0 Å². The number of hydrogen-bond donors (Lipinski definition) is 1. The number of amides is 1. The van der Waals surface area contributed by atoms with Crippen molar-refractivity contribution >= 4 is 17.5 Å². The summed E-state index contributed by atoms with van der Waals surface area (Å²) < 4.78 is 31.5. The van der Waals surface area contributed by atoms with Gasteiger partial charge in [-0.3, -0.25) is 4.79 Å². The summed E-state index contributed by atoms with van der Waals surface area (Å²) in [7, 11) is 0. The van der Waals surface area contributed by atoms with Gasteiger partial charge in [-0.05, 0) is 30.3 Å². The van der Waals surface area contributed by atoms with Crippen LogP contribution in [0.15, 0.2) is 42.5 Å². The molecule has 2 aromatic carbocycles. The Hall–Kier alpha value is -2.14. The average Bonchev–Trinajstić information content (AvgIpc) is 2.45. The van der Waals surface area contributed by atoms with Crippen LogP contribution < -0.4 is 10.1 Å². The molecule has 0 bridgehead atoms. The van der Waals surface area contributed by atoms with Crippen LogP contribution in [0.2, 0.25) is 5.02 Å². The van der Waals surface area contributed by atoms with Crippen LogP contribution in [0.25, 0.3) is 0 Å². The average molecular weight is 312 g/mol. The fourth-order valence-electron chi connectivity index (χ4n) is 1.66. The highest BCUT2D eigenvalue weighted by Crippen LogP contribution is 2.24. The van der Waals surface area contributed by atoms with E-state index in [0.29, 0.717) is 5.75 Å². The molecule has 3 nitrogen and oxygen atoms in total. The molecule has 6 heteroatoms. The molecule has 21 heavy (non-hydrogen) atoms. The minimum Gasteiger partial charge on any atom is -0.490 e. The van der Waals surface area contributed by atoms with E-state index in [-0.39, 0.29) is 23.7 Å². The van der Waals surface area contributed by atoms with Gasteiger partial charge in [-0.25, -0.2) is 8.78 Å². The molecule has 1 amide bonds. The van der Waals surface area contributed by atoms with Crippen LogP contribution in [-0.4, -0.2) is 19.1 Å². The number of rotatable bonds is 5. The lowest BCUT2D eigenvalue weighted by atomic mass is 10.2. The molecule has 0 radical (unpaired) electrons. The molecular weight excluding hydrogens is 300 g/mol. The lowest BCUT2D eigenvalue weighted by molar-refractivity contribution is 0.0943. The van der Waals surface area contributed by atoms with Crippen LogP contribution >= 0.6 is 11.6 Å². The second kappa shape index (κ2) is 7.04. The maximum Gasteiger partial charge on any atom is 0.254 e. The van der Waals surface area contributed by atoms with Gasteiger partial charge < -0.3 is 10.1 Å². The Balaban J connectivity index is 1.82. The first-order valence-corrected chi connectivity index (χ1v) is 6.56. The predicted molar refractivity (Wildman–Crippen MR) is 75.6 cm³/mol. The second-order valence-electron chi connectivity index (χ2n) is 4.16. The van der Waals surface area contributed by atoms with Crippen LogP contribution in [0.5, 0.6) is 5.75 Å². The van der Waals surface area contributed by atoms with E-state index in [0.717, 1.165) is 6.07 Å². The third kappa shape index (κ3) is 4.16. The molecular formula is C15H12ClF2NO2. The molecule has 1 N–H and O–H groups in total. The summed E-state index contributed by atoms with van der Waals surface area (Å²) >= 11 is 5.79. The summed E-state index contributed by atoms with van der Waals surface area (Å²) in [6.45, 7) is 0.298. The standard InChI is InChI=1S/C15H12ClF2NO2/c16-12-9-10(17)5-6-14(12)21-8-7-19-15(20)11-3-1-2-4-13(11)18/h1-6,9H,7-8H2,(H,19,20). The van der Waals surface area contributed by atoms with Gasteiger partial charge in [0.1, 0.15) is 24.0 Å². The van der Waals surface area contributed by atoms with Gasteiger partial charge in [0.05, 0.1) is 17.1 Å². The molecule has 0 spiro atoms. The Morgan fingerprint density at radius 3 is 2.67 bits per heavy atom. The van der Waals surface area contributed by atoms with Crippen LogP contribution in [0.1, 0.15) is 10.4 Å². The first-order chi connectivity index (χ1) is 10.1. The summed E-state index contributed by atoms with van der Waals surface area (Å²) in [4.78, 5) is 11.7. The zero-order valence-corrected chi connectivity index (χ0v) is 11.7. The number of ether oxygens (including phenoxy) is 1. The molecule has 0 aliphatic carbocycles. The zero-order valence-electron chi connectivity index (χ0n) is 10.9. The number of carbonyl (C=O) groups is 1. The molecule has 110 valence electrons. The lowest BCUT2D eigenvalue weighted by Gasteiger charge is -2.09. The Kier molecular flexibility index (Phi) is 5.11. The molecule has 0 heterocycles. The largest absolute Gasteiger partial charge is 0.490 e. The fourth-order valence-corrected chi connectivity index (χ4v) is 1.88. The summed E-state index contributed by atoms with van der Waals surface area (Å²) in [6.07, 6.45) is 0. The van der Waals surface area contributed by atoms with Crippen molar-refractivity contribution in [2.24, 2.45) is 0 Å². The quantitative estimate of drug-likeness (QED) is 0.859. The highest BCUT2D eigenvalue weighted by molar-refractivity contribution is 6.32. The van der Waals surface area contributed by atoms with Crippen molar-refractivity contribution in [1.29, 1.82) is 0 Å². The first-order valence-electron chi connectivity index (χ1n) is 6.18. The Bertz CT molecular complexity index is 649. The maximum absolute atomic E-state index is 13.4. The Labute approximate surface area is 125 Å². The van der Waals surface area contributed by atoms with Gasteiger partial charge in [-0.15, -0.1) is 0 Å². The molecule has 2 rings (SSSR count). The minimum absolute atomic E-state index is 0.0303. The van der Waals surface area contributed by atoms with E-state index in [9.17, 15) is 13.6 Å². The second-order valence-corrected chi connectivity index (χ2v) is 4.57. The Morgan fingerprint density at radius 2 is 1.95 bits per heavy atom. The third-order valence-electron chi connectivity index (χ3n) is 2.66. The highest BCUT2D eigenvalue weighted by atomic mass is 35.5. The van der Waals surface area contributed by atoms with Crippen LogP contribution in [-0.2, 0) is 0 Å². The molecule has 0 fully saturated rings. The highest BCUT2D eigenvalue weighted by Gasteiger charge is 2.10. The van der Waals surface area contributed by atoms with Gasteiger partial charge in [-0.1, -0.05) is 23.7 Å². The first kappa shape index (κ1) is 15.3. The molecule has 0 saturated carbocycles. The van der Waals surface area contributed by atoms with Crippen LogP contribution in [0.4, 0.5) is 8.78 Å². The van der Waals surface area contributed by atoms with E-state index in [1.165, 1.54) is 30.3 Å². The summed E-state index contributed by atoms with van der Waals surface area (Å²) in [5.74, 6) is -1.25. The van der Waals surface area contributed by atoms with E-state index in [1.54, 1.807) is 6.07 Å². The molecule has 0 aliphatic rings. The zero-order chi connectivity index (χ0) is 15.2. The SMILES string of the molecule is O=C(NCCOc1ccc(F)cc1Cl)c1ccccc1F. The Morgan fingerprint density at radius 1 is 1.19 bits per heavy atom. The molecule has 2 aromatic rings. The topological polar surface area (TPSA) is 38.3 Å². The summed E-state index contributed by atoms with van der Waals surface area (Å²) in [6, 6.07) is 9.44. The van der Waals surface area contributed by atoms with E-state index >= 15 is 0 Å². The van der Waals surface area contributed by atoms with E-state index < -0.39 is 17.5 Å². The van der Waals surface area contributed by atoms with Crippen molar-refractivity contribution in [3.05, 3.63) is 64.7 Å². The number of hydrogen-bond acceptors (Lipinski definition) is 2. The van der Waals surface area contributed by atoms with Gasteiger partial charge in [-0.2, -0.15) is 0 Å². The van der Waals surface area contributed by atoms with Crippen molar-refractivity contribution in [3.63, 3.8) is 0 Å². The number of carbonyl (C=O) groups excluding carboxylic acids is 1. The number of benzene rings is 2. The normalized spacial score (nSPS) is 10.2. The van der Waals surface area contributed by atoms with Crippen molar-refractivity contribution in [1.82, 2.24) is 5.32 Å². The van der Waals surface area contributed by atoms with Gasteiger partial charge >= 0.3 is 0 Å². The van der Waals surface area contributed by atoms with Crippen molar-refractivity contribution in [2.45, 2.75) is 0 Å². The fraction of sp³-hybridized carbons (Fsp3) is 0.133. The van der Waals surface area contributed by atoms with E-state index in [1.807, 2.05) is 0 Å². The smallest absolute Gasteiger partial charge is 0.254 e. The lowest BCUT2D eigenvalue weighted by Crippen LogP contribution is -2.28. The summed E-state index contributed by atoms with van der Waals surface area (Å²) in [5.41, 5.74) is -0.0303. The number of nitrogens with one attached hydrogen (secondary N) is 1. The minimum atomic E-state index is -0.586. The van der Waals surface area contributed by atoms with Crippen molar-refractivity contribution in [2.75, 3.05) is 13.2 Å². The van der Waals surface area contributed by atoms with Gasteiger partial charge in [0.25, 0.3) is 5.91 Å². The van der Waals surface area contributed by atoms with E-state index in [4.69, 9.17) is 16.3 Å². The van der Waals surface area contributed by atoms with Gasteiger partial charge in [0, 0.05) is 0 Å². The summed E-state index contributed by atoms with van der Waals surface area (Å²) in [5, 5.41) is 2.67. The van der Waals surface area contributed by atoms with E-state index in [2.05, 4.69) is 5.32 Å². The monoisotopic (exact) mass is 311 g/mol. The predicted octanol–water partition coefficient (Wildman–Crippen LogP) is 3.43. The molecule has 0 unspecified atom stereocenters. The molecule has 0 saturated heterocycles. The number of halogens is 3.